The van der Waals surface area contributed by atoms with Crippen LogP contribution in [0, 0.1) is 0 Å². The molecule has 0 spiro atoms. The number of nitrogens with two attached hydrogens (primary N) is 1. The van der Waals surface area contributed by atoms with Crippen LogP contribution in [0.15, 0.2) is 36.4 Å². The van der Waals surface area contributed by atoms with Crippen LogP contribution in [0.5, 0.6) is 11.6 Å². The fourth-order valence-corrected chi connectivity index (χ4v) is 1.80. The molecule has 0 saturated carbocycles. The van der Waals surface area contributed by atoms with E-state index >= 15 is 0 Å². The van der Waals surface area contributed by atoms with Crippen molar-refractivity contribution in [2.75, 3.05) is 0 Å². The van der Waals surface area contributed by atoms with Crippen molar-refractivity contribution in [1.82, 2.24) is 4.98 Å². The number of aromatic nitrogens is 1. The van der Waals surface area contributed by atoms with Crippen LogP contribution in [0.1, 0.15) is 23.7 Å². The fourth-order valence-electron chi connectivity index (χ4n) is 1.80. The number of ether oxygens (including phenoxy) is 1. The Hall–Kier alpha value is -2.08. The Morgan fingerprint density at radius 1 is 1.14 bits per heavy atom. The van der Waals surface area contributed by atoms with Crippen LogP contribution in [-0.4, -0.2) is 4.98 Å². The van der Waals surface area contributed by atoms with Gasteiger partial charge in [0.2, 0.25) is 5.88 Å². The second-order valence-corrected chi connectivity index (χ2v) is 4.49. The number of aryl methyl sites for hydroxylation is 1. The Labute approximate surface area is 120 Å². The summed E-state index contributed by atoms with van der Waals surface area (Å²) in [6, 6.07) is 8.04. The average Bonchev–Trinajstić information content (AvgIpc) is 2.46. The van der Waals surface area contributed by atoms with E-state index in [1.807, 2.05) is 13.0 Å². The molecule has 0 aliphatic heterocycles. The van der Waals surface area contributed by atoms with Gasteiger partial charge in [-0.25, -0.2) is 4.98 Å². The maximum absolute atomic E-state index is 12.5. The first-order valence-corrected chi connectivity index (χ1v) is 6.47. The largest absolute Gasteiger partial charge is 0.439 e. The van der Waals surface area contributed by atoms with Crippen molar-refractivity contribution in [3.63, 3.8) is 0 Å². The lowest BCUT2D eigenvalue weighted by Crippen LogP contribution is -2.04. The molecule has 1 heterocycles. The van der Waals surface area contributed by atoms with Crippen LogP contribution in [0.3, 0.4) is 0 Å². The third kappa shape index (κ3) is 3.95. The number of nitrogens with zero attached hydrogens (tertiary/aromatic N) is 1. The number of pyridine rings is 1. The van der Waals surface area contributed by atoms with Crippen molar-refractivity contribution in [1.29, 1.82) is 0 Å². The summed E-state index contributed by atoms with van der Waals surface area (Å²) in [6.45, 7) is 2.30. The molecule has 0 radical (unpaired) electrons. The van der Waals surface area contributed by atoms with Gasteiger partial charge in [0.25, 0.3) is 0 Å². The van der Waals surface area contributed by atoms with Gasteiger partial charge in [-0.1, -0.05) is 6.92 Å². The third-order valence-electron chi connectivity index (χ3n) is 2.92. The zero-order valence-corrected chi connectivity index (χ0v) is 11.4. The Bertz CT molecular complexity index is 587. The SMILES string of the molecule is CCc1cc(CN)cc(Oc2ccc(C(F)(F)F)cc2)n1. The van der Waals surface area contributed by atoms with Crippen molar-refractivity contribution in [2.24, 2.45) is 5.73 Å². The summed E-state index contributed by atoms with van der Waals surface area (Å²) in [5.41, 5.74) is 6.56. The van der Waals surface area contributed by atoms with Gasteiger partial charge < -0.3 is 10.5 Å². The summed E-state index contributed by atoms with van der Waals surface area (Å²) in [5, 5.41) is 0. The van der Waals surface area contributed by atoms with Gasteiger partial charge in [0.05, 0.1) is 5.56 Å². The van der Waals surface area contributed by atoms with E-state index < -0.39 is 11.7 Å². The van der Waals surface area contributed by atoms with Crippen molar-refractivity contribution < 1.29 is 17.9 Å². The van der Waals surface area contributed by atoms with Crippen LogP contribution in [0.25, 0.3) is 0 Å². The first kappa shape index (κ1) is 15.3. The van der Waals surface area contributed by atoms with E-state index in [1.54, 1.807) is 6.07 Å². The van der Waals surface area contributed by atoms with Gasteiger partial charge in [-0.15, -0.1) is 0 Å². The minimum absolute atomic E-state index is 0.298. The second-order valence-electron chi connectivity index (χ2n) is 4.49. The Kier molecular flexibility index (Phi) is 4.47. The van der Waals surface area contributed by atoms with E-state index in [1.165, 1.54) is 12.1 Å². The van der Waals surface area contributed by atoms with Crippen molar-refractivity contribution >= 4 is 0 Å². The molecule has 21 heavy (non-hydrogen) atoms. The van der Waals surface area contributed by atoms with Gasteiger partial charge in [-0.2, -0.15) is 13.2 Å². The standard InChI is InChI=1S/C15H15F3N2O/c1-2-12-7-10(9-19)8-14(20-12)21-13-5-3-11(4-6-13)15(16,17)18/h3-8H,2,9,19H2,1H3. The molecule has 0 saturated heterocycles. The minimum atomic E-state index is -4.36. The maximum Gasteiger partial charge on any atom is 0.416 e. The van der Waals surface area contributed by atoms with E-state index in [9.17, 15) is 13.2 Å². The van der Waals surface area contributed by atoms with Gasteiger partial charge in [0, 0.05) is 18.3 Å². The number of benzene rings is 1. The molecule has 3 nitrogen and oxygen atoms in total. The Morgan fingerprint density at radius 2 is 1.81 bits per heavy atom. The second kappa shape index (κ2) is 6.13. The molecule has 2 aromatic rings. The summed E-state index contributed by atoms with van der Waals surface area (Å²) < 4.78 is 42.9. The maximum atomic E-state index is 12.5. The van der Waals surface area contributed by atoms with Crippen LogP contribution >= 0.6 is 0 Å². The van der Waals surface area contributed by atoms with Crippen LogP contribution in [-0.2, 0) is 19.1 Å². The highest BCUT2D eigenvalue weighted by atomic mass is 19.4. The van der Waals surface area contributed by atoms with Gasteiger partial charge in [0.1, 0.15) is 5.75 Å². The molecule has 0 atom stereocenters. The summed E-state index contributed by atoms with van der Waals surface area (Å²) in [7, 11) is 0. The molecular weight excluding hydrogens is 281 g/mol. The normalized spacial score (nSPS) is 11.5. The van der Waals surface area contributed by atoms with Crippen LogP contribution in [0.4, 0.5) is 13.2 Å². The first-order chi connectivity index (χ1) is 9.92. The number of halogens is 3. The first-order valence-electron chi connectivity index (χ1n) is 6.47. The lowest BCUT2D eigenvalue weighted by molar-refractivity contribution is -0.137. The summed E-state index contributed by atoms with van der Waals surface area (Å²) >= 11 is 0. The molecular formula is C15H15F3N2O. The Balaban J connectivity index is 2.22. The zero-order chi connectivity index (χ0) is 15.5. The van der Waals surface area contributed by atoms with Crippen molar-refractivity contribution in [3.8, 4) is 11.6 Å². The topological polar surface area (TPSA) is 48.1 Å². The van der Waals surface area contributed by atoms with Crippen LogP contribution < -0.4 is 10.5 Å². The van der Waals surface area contributed by atoms with Crippen LogP contribution in [0.2, 0.25) is 0 Å². The fraction of sp³-hybridized carbons (Fsp3) is 0.267. The highest BCUT2D eigenvalue weighted by Crippen LogP contribution is 2.31. The third-order valence-corrected chi connectivity index (χ3v) is 2.92. The molecule has 0 amide bonds. The van der Waals surface area contributed by atoms with E-state index in [4.69, 9.17) is 10.5 Å². The quantitative estimate of drug-likeness (QED) is 0.930. The van der Waals surface area contributed by atoms with E-state index in [2.05, 4.69) is 4.98 Å². The predicted molar refractivity (Wildman–Crippen MR) is 73.0 cm³/mol. The smallest absolute Gasteiger partial charge is 0.416 e. The van der Waals surface area contributed by atoms with E-state index in [0.29, 0.717) is 18.2 Å². The lowest BCUT2D eigenvalue weighted by Gasteiger charge is -2.10. The van der Waals surface area contributed by atoms with Crippen molar-refractivity contribution in [2.45, 2.75) is 26.1 Å². The van der Waals surface area contributed by atoms with Crippen molar-refractivity contribution in [3.05, 3.63) is 53.2 Å². The monoisotopic (exact) mass is 296 g/mol. The average molecular weight is 296 g/mol. The minimum Gasteiger partial charge on any atom is -0.439 e. The van der Waals surface area contributed by atoms with Gasteiger partial charge in [-0.05, 0) is 42.3 Å². The van der Waals surface area contributed by atoms with E-state index in [-0.39, 0.29) is 0 Å². The number of rotatable bonds is 4. The molecule has 0 aliphatic rings. The molecule has 0 aliphatic carbocycles. The van der Waals surface area contributed by atoms with Gasteiger partial charge in [0.15, 0.2) is 0 Å². The highest BCUT2D eigenvalue weighted by molar-refractivity contribution is 5.33. The highest BCUT2D eigenvalue weighted by Gasteiger charge is 2.30. The molecule has 6 heteroatoms. The van der Waals surface area contributed by atoms with E-state index in [0.717, 1.165) is 29.8 Å². The molecule has 2 N–H and O–H groups in total. The summed E-state index contributed by atoms with van der Waals surface area (Å²) in [5.74, 6) is 0.626. The molecule has 0 unspecified atom stereocenters. The molecule has 1 aromatic carbocycles. The Morgan fingerprint density at radius 3 is 2.33 bits per heavy atom. The predicted octanol–water partition coefficient (Wildman–Crippen LogP) is 3.91. The molecule has 112 valence electrons. The molecule has 0 bridgehead atoms. The zero-order valence-electron chi connectivity index (χ0n) is 11.4. The molecule has 2 rings (SSSR count). The number of hydrogen-bond acceptors (Lipinski definition) is 3. The molecule has 0 fully saturated rings. The molecule has 1 aromatic heterocycles. The summed E-state index contributed by atoms with van der Waals surface area (Å²) in [6.07, 6.45) is -3.64. The number of hydrogen-bond donors (Lipinski definition) is 1. The lowest BCUT2D eigenvalue weighted by atomic mass is 10.2. The van der Waals surface area contributed by atoms with Gasteiger partial charge in [-0.3, -0.25) is 0 Å². The summed E-state index contributed by atoms with van der Waals surface area (Å²) in [4.78, 5) is 4.27. The number of alkyl halides is 3. The van der Waals surface area contributed by atoms with Gasteiger partial charge >= 0.3 is 6.18 Å².